The van der Waals surface area contributed by atoms with Crippen LogP contribution in [0.5, 0.6) is 5.75 Å². The van der Waals surface area contributed by atoms with Crippen LogP contribution in [0.15, 0.2) is 47.6 Å². The molecular weight excluding hydrogens is 420 g/mol. The van der Waals surface area contributed by atoms with Crippen LogP contribution in [0.1, 0.15) is 60.3 Å². The third-order valence-electron chi connectivity index (χ3n) is 5.61. The van der Waals surface area contributed by atoms with Crippen LogP contribution in [0.4, 0.5) is 0 Å². The van der Waals surface area contributed by atoms with Crippen molar-refractivity contribution in [3.8, 4) is 5.75 Å². The zero-order valence-electron chi connectivity index (χ0n) is 19.1. The summed E-state index contributed by atoms with van der Waals surface area (Å²) in [7, 11) is 0. The highest BCUT2D eigenvalue weighted by atomic mass is 16.5. The number of hydrogen-bond acceptors (Lipinski definition) is 5. The lowest BCUT2D eigenvalue weighted by Gasteiger charge is -2.15. The molecule has 0 spiro atoms. The summed E-state index contributed by atoms with van der Waals surface area (Å²) in [5.41, 5.74) is 4.24. The van der Waals surface area contributed by atoms with Crippen LogP contribution in [0.3, 0.4) is 0 Å². The lowest BCUT2D eigenvalue weighted by molar-refractivity contribution is -0.136. The number of fused-ring (bicyclic) bond motifs is 1. The molecule has 33 heavy (non-hydrogen) atoms. The highest BCUT2D eigenvalue weighted by molar-refractivity contribution is 6.00. The lowest BCUT2D eigenvalue weighted by Crippen LogP contribution is -2.11. The van der Waals surface area contributed by atoms with E-state index in [9.17, 15) is 14.5 Å². The van der Waals surface area contributed by atoms with Crippen LogP contribution < -0.4 is 4.74 Å². The Balaban J connectivity index is 1.71. The molecule has 1 heterocycles. The van der Waals surface area contributed by atoms with E-state index in [1.54, 1.807) is 6.92 Å². The second kappa shape index (κ2) is 11.4. The predicted octanol–water partition coefficient (Wildman–Crippen LogP) is 5.49. The summed E-state index contributed by atoms with van der Waals surface area (Å²) in [5, 5.41) is 12.9. The minimum absolute atomic E-state index is 0.00778. The number of carboxylic acid groups (broad SMARTS) is 1. The van der Waals surface area contributed by atoms with E-state index in [2.05, 4.69) is 17.1 Å². The van der Waals surface area contributed by atoms with E-state index < -0.39 is 12.0 Å². The van der Waals surface area contributed by atoms with Gasteiger partial charge in [0.2, 0.25) is 0 Å². The number of nitroso groups, excluding NO2 is 1. The molecule has 2 aromatic carbocycles. The second-order valence-electron chi connectivity index (χ2n) is 8.34. The molecule has 0 aliphatic rings. The Labute approximate surface area is 193 Å². The maximum Gasteiger partial charge on any atom is 0.307 e. The van der Waals surface area contributed by atoms with E-state index >= 15 is 0 Å². The maximum atomic E-state index is 13.0. The van der Waals surface area contributed by atoms with Crippen molar-refractivity contribution >= 4 is 22.7 Å². The number of aryl methyl sites for hydroxylation is 1. The number of benzene rings is 2. The van der Waals surface area contributed by atoms with Crippen LogP contribution in [-0.4, -0.2) is 34.5 Å². The van der Waals surface area contributed by atoms with Gasteiger partial charge in [0.1, 0.15) is 5.75 Å². The number of carbonyl (C=O) groups excluding carboxylic acids is 1. The fourth-order valence-electron chi connectivity index (χ4n) is 3.94. The van der Waals surface area contributed by atoms with Crippen LogP contribution in [0.25, 0.3) is 10.9 Å². The molecule has 1 unspecified atom stereocenters. The molecule has 0 fully saturated rings. The zero-order valence-corrected chi connectivity index (χ0v) is 19.1. The summed E-state index contributed by atoms with van der Waals surface area (Å²) in [4.78, 5) is 37.9. The number of H-pyrrole nitrogens is 1. The first kappa shape index (κ1) is 24.2. The fourth-order valence-corrected chi connectivity index (χ4v) is 3.94. The zero-order chi connectivity index (χ0) is 23.8. The quantitative estimate of drug-likeness (QED) is 0.264. The second-order valence-corrected chi connectivity index (χ2v) is 8.34. The molecule has 3 aromatic rings. The first-order valence-corrected chi connectivity index (χ1v) is 11.3. The van der Waals surface area contributed by atoms with Gasteiger partial charge in [-0.25, -0.2) is 0 Å². The number of hydrogen-bond donors (Lipinski definition) is 2. The van der Waals surface area contributed by atoms with Crippen molar-refractivity contribution in [2.24, 2.45) is 5.18 Å². The highest BCUT2D eigenvalue weighted by Gasteiger charge is 2.18. The Hall–Kier alpha value is -3.48. The first-order chi connectivity index (χ1) is 15.9. The molecule has 7 nitrogen and oxygen atoms in total. The van der Waals surface area contributed by atoms with Gasteiger partial charge in [-0.05, 0) is 60.5 Å². The van der Waals surface area contributed by atoms with Crippen LogP contribution in [0.2, 0.25) is 0 Å². The number of ether oxygens (including phenoxy) is 1. The van der Waals surface area contributed by atoms with Crippen LogP contribution in [0, 0.1) is 4.91 Å². The number of aromatic amines is 1. The molecule has 0 saturated heterocycles. The fraction of sp³-hybridized carbons (Fsp3) is 0.385. The lowest BCUT2D eigenvalue weighted by atomic mass is 9.95. The van der Waals surface area contributed by atoms with Crippen molar-refractivity contribution in [2.45, 2.75) is 58.4 Å². The van der Waals surface area contributed by atoms with E-state index in [-0.39, 0.29) is 18.6 Å². The maximum absolute atomic E-state index is 13.0. The molecule has 174 valence electrons. The van der Waals surface area contributed by atoms with Crippen molar-refractivity contribution in [1.29, 1.82) is 0 Å². The number of nitrogens with zero attached hydrogens (tertiary/aromatic N) is 1. The van der Waals surface area contributed by atoms with Crippen LogP contribution >= 0.6 is 0 Å². The van der Waals surface area contributed by atoms with Gasteiger partial charge in [-0.15, -0.1) is 0 Å². The van der Waals surface area contributed by atoms with Crippen molar-refractivity contribution < 1.29 is 19.4 Å². The standard InChI is InChI=1S/C26H30N2O5/c1-3-5-19-6-4-7-24(26(19)23(29)11-8-17(2)28-32)33-13-12-21-16-20-14-18(15-25(30)31)9-10-22(20)27-21/h4,6-7,9-10,14,16-17,27H,3,5,8,11-13,15H2,1-2H3,(H,30,31). The SMILES string of the molecule is CCCc1cccc(OCCc2cc3cc(CC(=O)O)ccc3[nH]2)c1C(=O)CCC(C)N=O. The number of nitrogens with one attached hydrogen (secondary N) is 1. The Morgan fingerprint density at radius 2 is 1.97 bits per heavy atom. The largest absolute Gasteiger partial charge is 0.492 e. The van der Waals surface area contributed by atoms with E-state index in [1.807, 2.05) is 42.5 Å². The Bertz CT molecular complexity index is 1130. The first-order valence-electron chi connectivity index (χ1n) is 11.3. The Morgan fingerprint density at radius 1 is 1.15 bits per heavy atom. The Kier molecular flexibility index (Phi) is 8.35. The molecule has 1 atom stereocenters. The third kappa shape index (κ3) is 6.51. The number of ketones is 1. The summed E-state index contributed by atoms with van der Waals surface area (Å²) in [6, 6.07) is 12.9. The molecule has 2 N–H and O–H groups in total. The monoisotopic (exact) mass is 450 g/mol. The average Bonchev–Trinajstić information content (AvgIpc) is 3.19. The van der Waals surface area contributed by atoms with Gasteiger partial charge in [-0.2, -0.15) is 4.91 Å². The van der Waals surface area contributed by atoms with Crippen molar-refractivity contribution in [3.63, 3.8) is 0 Å². The number of rotatable bonds is 13. The highest BCUT2D eigenvalue weighted by Crippen LogP contribution is 2.27. The van der Waals surface area contributed by atoms with Gasteiger partial charge in [-0.1, -0.05) is 36.7 Å². The van der Waals surface area contributed by atoms with Gasteiger partial charge in [0.25, 0.3) is 0 Å². The molecule has 0 radical (unpaired) electrons. The topological polar surface area (TPSA) is 109 Å². The molecule has 0 amide bonds. The molecule has 7 heteroatoms. The van der Waals surface area contributed by atoms with Gasteiger partial charge < -0.3 is 14.8 Å². The summed E-state index contributed by atoms with van der Waals surface area (Å²) in [6.07, 6.45) is 2.97. The predicted molar refractivity (Wildman–Crippen MR) is 128 cm³/mol. The summed E-state index contributed by atoms with van der Waals surface area (Å²) in [6.45, 7) is 4.16. The van der Waals surface area contributed by atoms with Gasteiger partial charge in [0.15, 0.2) is 5.78 Å². The van der Waals surface area contributed by atoms with E-state index in [0.29, 0.717) is 30.8 Å². The molecule has 3 rings (SSSR count). The molecule has 0 bridgehead atoms. The average molecular weight is 451 g/mol. The van der Waals surface area contributed by atoms with Gasteiger partial charge >= 0.3 is 5.97 Å². The van der Waals surface area contributed by atoms with E-state index in [4.69, 9.17) is 9.84 Å². The minimum Gasteiger partial charge on any atom is -0.492 e. The molecule has 0 aliphatic carbocycles. The summed E-state index contributed by atoms with van der Waals surface area (Å²) >= 11 is 0. The molecular formula is C26H30N2O5. The molecule has 0 aliphatic heterocycles. The normalized spacial score (nSPS) is 11.9. The molecule has 1 aromatic heterocycles. The van der Waals surface area contributed by atoms with Gasteiger partial charge in [-0.3, -0.25) is 9.59 Å². The molecule has 0 saturated carbocycles. The summed E-state index contributed by atoms with van der Waals surface area (Å²) in [5.74, 6) is -0.315. The number of Topliss-reactive ketones (excluding diaryl/α,β-unsaturated/α-hetero) is 1. The van der Waals surface area contributed by atoms with Crippen molar-refractivity contribution in [2.75, 3.05) is 6.61 Å². The van der Waals surface area contributed by atoms with E-state index in [1.165, 1.54) is 0 Å². The van der Waals surface area contributed by atoms with Gasteiger partial charge in [0.05, 0.1) is 24.6 Å². The number of aliphatic carboxylic acids is 1. The van der Waals surface area contributed by atoms with Crippen molar-refractivity contribution in [3.05, 3.63) is 69.8 Å². The van der Waals surface area contributed by atoms with E-state index in [0.717, 1.165) is 40.6 Å². The van der Waals surface area contributed by atoms with Gasteiger partial charge in [0, 0.05) is 24.1 Å². The number of carbonyl (C=O) groups is 2. The number of carboxylic acids is 1. The smallest absolute Gasteiger partial charge is 0.307 e. The summed E-state index contributed by atoms with van der Waals surface area (Å²) < 4.78 is 6.05. The third-order valence-corrected chi connectivity index (χ3v) is 5.61. The van der Waals surface area contributed by atoms with Crippen LogP contribution in [-0.2, 0) is 24.1 Å². The Morgan fingerprint density at radius 3 is 2.70 bits per heavy atom. The van der Waals surface area contributed by atoms with Crippen molar-refractivity contribution in [1.82, 2.24) is 4.98 Å². The number of aromatic nitrogens is 1. The minimum atomic E-state index is -0.856.